The number of aromatic hydroxyl groups is 1. The largest absolute Gasteiger partial charge is 0.506 e. The maximum atomic E-state index is 14.1. The van der Waals surface area contributed by atoms with Gasteiger partial charge in [-0.3, -0.25) is 5.01 Å². The SMILES string of the molecule is Bc1ccc(-c2nc(C3C=NN(C)C3)ccc2O)c(F)c1. The molecule has 0 radical (unpaired) electrons. The second-order valence-corrected chi connectivity index (χ2v) is 5.30. The fourth-order valence-corrected chi connectivity index (χ4v) is 2.43. The van der Waals surface area contributed by atoms with E-state index in [9.17, 15) is 9.50 Å². The van der Waals surface area contributed by atoms with Gasteiger partial charge in [-0.2, -0.15) is 5.10 Å². The van der Waals surface area contributed by atoms with Crippen LogP contribution in [0.2, 0.25) is 0 Å². The molecule has 1 N–H and O–H groups in total. The van der Waals surface area contributed by atoms with Crippen LogP contribution in [0.1, 0.15) is 11.6 Å². The van der Waals surface area contributed by atoms with Gasteiger partial charge in [-0.1, -0.05) is 17.6 Å². The second kappa shape index (κ2) is 5.20. The van der Waals surface area contributed by atoms with Crippen LogP contribution in [0.15, 0.2) is 35.4 Å². The number of hydrazone groups is 1. The van der Waals surface area contributed by atoms with E-state index in [0.29, 0.717) is 5.56 Å². The quantitative estimate of drug-likeness (QED) is 0.832. The van der Waals surface area contributed by atoms with E-state index in [4.69, 9.17) is 0 Å². The third kappa shape index (κ3) is 2.61. The Kier molecular flexibility index (Phi) is 3.37. The van der Waals surface area contributed by atoms with Crippen molar-refractivity contribution in [2.45, 2.75) is 5.92 Å². The van der Waals surface area contributed by atoms with Gasteiger partial charge in [0, 0.05) is 25.4 Å². The summed E-state index contributed by atoms with van der Waals surface area (Å²) in [5.41, 5.74) is 2.18. The third-order valence-corrected chi connectivity index (χ3v) is 3.56. The lowest BCUT2D eigenvalue weighted by Gasteiger charge is -2.12. The number of hydrogen-bond acceptors (Lipinski definition) is 4. The van der Waals surface area contributed by atoms with Gasteiger partial charge >= 0.3 is 0 Å². The van der Waals surface area contributed by atoms with Gasteiger partial charge in [-0.25, -0.2) is 9.37 Å². The molecule has 106 valence electrons. The van der Waals surface area contributed by atoms with Gasteiger partial charge in [0.05, 0.1) is 11.6 Å². The van der Waals surface area contributed by atoms with Crippen molar-refractivity contribution in [1.29, 1.82) is 0 Å². The van der Waals surface area contributed by atoms with E-state index < -0.39 is 0 Å². The summed E-state index contributed by atoms with van der Waals surface area (Å²) < 4.78 is 14.1. The highest BCUT2D eigenvalue weighted by atomic mass is 19.1. The van der Waals surface area contributed by atoms with Crippen LogP contribution < -0.4 is 5.46 Å². The predicted molar refractivity (Wildman–Crippen MR) is 83.3 cm³/mol. The van der Waals surface area contributed by atoms with E-state index in [1.54, 1.807) is 24.3 Å². The molecule has 0 saturated carbocycles. The number of benzene rings is 1. The van der Waals surface area contributed by atoms with Gasteiger partial charge < -0.3 is 5.11 Å². The number of halogens is 1. The molecule has 2 heterocycles. The van der Waals surface area contributed by atoms with Gasteiger partial charge in [0.15, 0.2) is 0 Å². The topological polar surface area (TPSA) is 48.7 Å². The molecule has 0 fully saturated rings. The van der Waals surface area contributed by atoms with Crippen LogP contribution in [-0.2, 0) is 0 Å². The smallest absolute Gasteiger partial charge is 0.141 e. The van der Waals surface area contributed by atoms with E-state index >= 15 is 0 Å². The summed E-state index contributed by atoms with van der Waals surface area (Å²) in [4.78, 5) is 4.44. The monoisotopic (exact) mass is 283 g/mol. The third-order valence-electron chi connectivity index (χ3n) is 3.56. The fourth-order valence-electron chi connectivity index (χ4n) is 2.43. The summed E-state index contributed by atoms with van der Waals surface area (Å²) in [6, 6.07) is 8.19. The van der Waals surface area contributed by atoms with Crippen LogP contribution >= 0.6 is 0 Å². The molecule has 1 atom stereocenters. The highest BCUT2D eigenvalue weighted by Crippen LogP contribution is 2.31. The van der Waals surface area contributed by atoms with Gasteiger partial charge in [-0.05, 0) is 18.2 Å². The minimum atomic E-state index is -0.382. The second-order valence-electron chi connectivity index (χ2n) is 5.30. The first-order valence-corrected chi connectivity index (χ1v) is 6.76. The average Bonchev–Trinajstić information content (AvgIpc) is 2.87. The molecule has 21 heavy (non-hydrogen) atoms. The maximum absolute atomic E-state index is 14.1. The van der Waals surface area contributed by atoms with Crippen molar-refractivity contribution in [3.05, 3.63) is 41.8 Å². The first-order valence-electron chi connectivity index (χ1n) is 6.76. The molecule has 1 aromatic heterocycles. The first kappa shape index (κ1) is 13.6. The molecule has 6 heteroatoms. The van der Waals surface area contributed by atoms with Crippen molar-refractivity contribution >= 4 is 19.5 Å². The van der Waals surface area contributed by atoms with Crippen molar-refractivity contribution in [1.82, 2.24) is 9.99 Å². The number of rotatable bonds is 2. The molecule has 3 rings (SSSR count). The van der Waals surface area contributed by atoms with Crippen LogP contribution in [0, 0.1) is 5.82 Å². The number of likely N-dealkylation sites (N-methyl/N-ethyl adjacent to an activating group) is 1. The van der Waals surface area contributed by atoms with Crippen LogP contribution in [0.25, 0.3) is 11.3 Å². The molecule has 1 aliphatic rings. The van der Waals surface area contributed by atoms with Crippen molar-refractivity contribution in [3.63, 3.8) is 0 Å². The fraction of sp³-hybridized carbons (Fsp3) is 0.200. The summed E-state index contributed by atoms with van der Waals surface area (Å²) in [5.74, 6) is -0.347. The highest BCUT2D eigenvalue weighted by molar-refractivity contribution is 6.32. The Morgan fingerprint density at radius 3 is 2.81 bits per heavy atom. The zero-order valence-corrected chi connectivity index (χ0v) is 11.9. The number of aromatic nitrogens is 1. The molecular formula is C15H15BFN3O. The van der Waals surface area contributed by atoms with Gasteiger partial charge in [0.25, 0.3) is 0 Å². The lowest BCUT2D eigenvalue weighted by atomic mass is 9.94. The van der Waals surface area contributed by atoms with E-state index in [0.717, 1.165) is 17.7 Å². The van der Waals surface area contributed by atoms with Crippen molar-refractivity contribution in [2.75, 3.05) is 13.6 Å². The number of hydrogen-bond donors (Lipinski definition) is 1. The summed E-state index contributed by atoms with van der Waals surface area (Å²) in [5, 5.41) is 16.0. The van der Waals surface area contributed by atoms with Gasteiger partial charge in [-0.15, -0.1) is 0 Å². The van der Waals surface area contributed by atoms with Crippen LogP contribution in [0.5, 0.6) is 5.75 Å². The Hall–Kier alpha value is -2.37. The average molecular weight is 283 g/mol. The Labute approximate surface area is 123 Å². The predicted octanol–water partition coefficient (Wildman–Crippen LogP) is 0.867. The van der Waals surface area contributed by atoms with Crippen molar-refractivity contribution in [3.8, 4) is 17.0 Å². The minimum absolute atomic E-state index is 0.0233. The Morgan fingerprint density at radius 2 is 2.14 bits per heavy atom. The molecule has 1 aliphatic heterocycles. The molecule has 2 aromatic rings. The molecule has 0 amide bonds. The molecule has 4 nitrogen and oxygen atoms in total. The lowest BCUT2D eigenvalue weighted by molar-refractivity contribution is 0.380. The molecular weight excluding hydrogens is 268 g/mol. The van der Waals surface area contributed by atoms with Crippen LogP contribution in [-0.4, -0.2) is 42.8 Å². The first-order chi connectivity index (χ1) is 10.0. The number of nitrogens with zero attached hydrogens (tertiary/aromatic N) is 3. The number of pyridine rings is 1. The Balaban J connectivity index is 2.04. The highest BCUT2D eigenvalue weighted by Gasteiger charge is 2.20. The van der Waals surface area contributed by atoms with E-state index in [1.165, 1.54) is 6.07 Å². The normalized spacial score (nSPS) is 17.4. The minimum Gasteiger partial charge on any atom is -0.506 e. The van der Waals surface area contributed by atoms with Gasteiger partial charge in [0.2, 0.25) is 0 Å². The summed E-state index contributed by atoms with van der Waals surface area (Å²) in [6.45, 7) is 0.730. The standard InChI is InChI=1S/C15H15BFN3O/c1-20-8-9(7-18-20)13-4-5-14(21)15(19-13)11-3-2-10(16)6-12(11)17/h2-7,9,21H,8,16H2,1H3. The molecule has 0 saturated heterocycles. The summed E-state index contributed by atoms with van der Waals surface area (Å²) in [7, 11) is 3.71. The Bertz CT molecular complexity index is 720. The van der Waals surface area contributed by atoms with Gasteiger partial charge in [0.1, 0.15) is 25.1 Å². The van der Waals surface area contributed by atoms with Crippen LogP contribution in [0.3, 0.4) is 0 Å². The Morgan fingerprint density at radius 1 is 1.33 bits per heavy atom. The summed E-state index contributed by atoms with van der Waals surface area (Å²) >= 11 is 0. The summed E-state index contributed by atoms with van der Waals surface area (Å²) in [6.07, 6.45) is 1.81. The molecule has 0 spiro atoms. The van der Waals surface area contributed by atoms with Crippen LogP contribution in [0.4, 0.5) is 4.39 Å². The van der Waals surface area contributed by atoms with Crippen molar-refractivity contribution in [2.24, 2.45) is 5.10 Å². The molecule has 1 aromatic carbocycles. The lowest BCUT2D eigenvalue weighted by Crippen LogP contribution is -2.13. The molecule has 0 aliphatic carbocycles. The maximum Gasteiger partial charge on any atom is 0.141 e. The van der Waals surface area contributed by atoms with E-state index in [1.807, 2.05) is 26.1 Å². The molecule has 0 bridgehead atoms. The van der Waals surface area contributed by atoms with E-state index in [2.05, 4.69) is 10.1 Å². The molecule has 1 unspecified atom stereocenters. The zero-order chi connectivity index (χ0) is 15.0. The van der Waals surface area contributed by atoms with E-state index in [-0.39, 0.29) is 23.2 Å². The zero-order valence-electron chi connectivity index (χ0n) is 11.9. The van der Waals surface area contributed by atoms with Crippen molar-refractivity contribution < 1.29 is 9.50 Å².